The molecule has 0 atom stereocenters. The first kappa shape index (κ1) is 28.0. The summed E-state index contributed by atoms with van der Waals surface area (Å²) in [6.45, 7) is 18.7. The SMILES string of the molecule is CCCC1(CCC)OC(CCC)(CCC)C(CCC)(CCC)OC1(CCC)CCC. The van der Waals surface area contributed by atoms with Gasteiger partial charge in [0.25, 0.3) is 0 Å². The normalized spacial score (nSPS) is 21.6. The molecule has 0 aromatic heterocycles. The molecule has 0 saturated carbocycles. The van der Waals surface area contributed by atoms with Crippen LogP contribution in [0.4, 0.5) is 0 Å². The van der Waals surface area contributed by atoms with Crippen LogP contribution in [0.2, 0.25) is 0 Å². The molecule has 1 aliphatic rings. The van der Waals surface area contributed by atoms with Gasteiger partial charge < -0.3 is 9.47 Å². The molecule has 1 heterocycles. The fourth-order valence-corrected chi connectivity index (χ4v) is 7.08. The first-order valence-corrected chi connectivity index (χ1v) is 13.8. The second kappa shape index (κ2) is 12.8. The summed E-state index contributed by atoms with van der Waals surface area (Å²) in [6, 6.07) is 0. The summed E-state index contributed by atoms with van der Waals surface area (Å²) in [5, 5.41) is 0. The topological polar surface area (TPSA) is 18.5 Å². The third-order valence-electron chi connectivity index (χ3n) is 7.67. The van der Waals surface area contributed by atoms with Crippen LogP contribution in [0.25, 0.3) is 0 Å². The Kier molecular flexibility index (Phi) is 12.0. The van der Waals surface area contributed by atoms with Crippen LogP contribution in [0.3, 0.4) is 0 Å². The zero-order valence-electron chi connectivity index (χ0n) is 22.1. The van der Waals surface area contributed by atoms with Gasteiger partial charge in [-0.1, -0.05) is 107 Å². The average Bonchev–Trinajstić information content (AvgIpc) is 2.68. The number of hydrogen-bond acceptors (Lipinski definition) is 2. The molecule has 1 rings (SSSR count). The predicted molar refractivity (Wildman–Crippen MR) is 132 cm³/mol. The van der Waals surface area contributed by atoms with E-state index in [-0.39, 0.29) is 22.4 Å². The molecule has 2 heteroatoms. The maximum Gasteiger partial charge on any atom is 0.0979 e. The fourth-order valence-electron chi connectivity index (χ4n) is 7.08. The standard InChI is InChI=1S/C28H56O2/c1-9-17-25(18-10-2)26(19-11-3,20-12-4)30-28(23-15-7,24-16-8)27(29-25,21-13-5)22-14-6/h9-24H2,1-8H3. The van der Waals surface area contributed by atoms with Crippen molar-refractivity contribution in [1.82, 2.24) is 0 Å². The molecule has 30 heavy (non-hydrogen) atoms. The second-order valence-corrected chi connectivity index (χ2v) is 10.2. The van der Waals surface area contributed by atoms with Gasteiger partial charge in [-0.05, 0) is 51.4 Å². The summed E-state index contributed by atoms with van der Waals surface area (Å²) >= 11 is 0. The van der Waals surface area contributed by atoms with Crippen LogP contribution in [-0.2, 0) is 9.47 Å². The van der Waals surface area contributed by atoms with E-state index < -0.39 is 0 Å². The van der Waals surface area contributed by atoms with Gasteiger partial charge in [-0.2, -0.15) is 0 Å². The lowest BCUT2D eigenvalue weighted by Crippen LogP contribution is -2.75. The second-order valence-electron chi connectivity index (χ2n) is 10.2. The molecule has 0 aromatic rings. The van der Waals surface area contributed by atoms with E-state index in [9.17, 15) is 0 Å². The lowest BCUT2D eigenvalue weighted by atomic mass is 9.63. The Hall–Kier alpha value is -0.0800. The molecule has 1 aliphatic heterocycles. The highest BCUT2D eigenvalue weighted by atomic mass is 16.6. The highest BCUT2D eigenvalue weighted by molar-refractivity contribution is 5.15. The summed E-state index contributed by atoms with van der Waals surface area (Å²) in [5.74, 6) is 0. The quantitative estimate of drug-likeness (QED) is 0.245. The van der Waals surface area contributed by atoms with Crippen molar-refractivity contribution in [2.45, 2.75) is 181 Å². The van der Waals surface area contributed by atoms with Crippen molar-refractivity contribution in [2.75, 3.05) is 0 Å². The van der Waals surface area contributed by atoms with Crippen LogP contribution in [-0.4, -0.2) is 22.4 Å². The van der Waals surface area contributed by atoms with Gasteiger partial charge >= 0.3 is 0 Å². The van der Waals surface area contributed by atoms with Crippen molar-refractivity contribution >= 4 is 0 Å². The Morgan fingerprint density at radius 2 is 0.433 bits per heavy atom. The third-order valence-corrected chi connectivity index (χ3v) is 7.67. The maximum absolute atomic E-state index is 7.74. The fraction of sp³-hybridized carbons (Fsp3) is 1.00. The van der Waals surface area contributed by atoms with E-state index in [1.54, 1.807) is 0 Å². The Balaban J connectivity index is 3.81. The molecule has 0 spiro atoms. The molecule has 0 bridgehead atoms. The minimum absolute atomic E-state index is 0.141. The van der Waals surface area contributed by atoms with E-state index in [1.807, 2.05) is 0 Å². The minimum Gasteiger partial charge on any atom is -0.363 e. The molecule has 1 saturated heterocycles. The molecular weight excluding hydrogens is 368 g/mol. The molecule has 0 N–H and O–H groups in total. The van der Waals surface area contributed by atoms with Crippen LogP contribution in [0, 0.1) is 0 Å². The van der Waals surface area contributed by atoms with Crippen LogP contribution < -0.4 is 0 Å². The van der Waals surface area contributed by atoms with Gasteiger partial charge in [0.15, 0.2) is 0 Å². The highest BCUT2D eigenvalue weighted by Gasteiger charge is 2.67. The van der Waals surface area contributed by atoms with Gasteiger partial charge in [0.05, 0.1) is 22.4 Å². The molecule has 0 radical (unpaired) electrons. The van der Waals surface area contributed by atoms with E-state index in [1.165, 1.54) is 51.4 Å². The molecular formula is C28H56O2. The average molecular weight is 425 g/mol. The smallest absolute Gasteiger partial charge is 0.0979 e. The third kappa shape index (κ3) is 5.28. The van der Waals surface area contributed by atoms with Gasteiger partial charge in [-0.25, -0.2) is 0 Å². The monoisotopic (exact) mass is 424 g/mol. The summed E-state index contributed by atoms with van der Waals surface area (Å²) in [5.41, 5.74) is -0.564. The summed E-state index contributed by atoms with van der Waals surface area (Å²) in [6.07, 6.45) is 18.4. The highest BCUT2D eigenvalue weighted by Crippen LogP contribution is 2.60. The van der Waals surface area contributed by atoms with Gasteiger partial charge in [0, 0.05) is 0 Å². The van der Waals surface area contributed by atoms with E-state index >= 15 is 0 Å². The largest absolute Gasteiger partial charge is 0.363 e. The van der Waals surface area contributed by atoms with Gasteiger partial charge in [-0.3, -0.25) is 0 Å². The van der Waals surface area contributed by atoms with Gasteiger partial charge in [-0.15, -0.1) is 0 Å². The van der Waals surface area contributed by atoms with Crippen LogP contribution in [0.5, 0.6) is 0 Å². The Morgan fingerprint density at radius 3 is 0.533 bits per heavy atom. The molecule has 0 amide bonds. The van der Waals surface area contributed by atoms with Crippen LogP contribution in [0.15, 0.2) is 0 Å². The predicted octanol–water partition coefficient (Wildman–Crippen LogP) is 9.39. The lowest BCUT2D eigenvalue weighted by molar-refractivity contribution is -0.404. The van der Waals surface area contributed by atoms with Crippen molar-refractivity contribution in [3.8, 4) is 0 Å². The van der Waals surface area contributed by atoms with E-state index in [0.717, 1.165) is 51.4 Å². The Bertz CT molecular complexity index is 350. The molecule has 0 unspecified atom stereocenters. The zero-order chi connectivity index (χ0) is 22.7. The van der Waals surface area contributed by atoms with Crippen molar-refractivity contribution < 1.29 is 9.47 Å². The van der Waals surface area contributed by atoms with E-state index in [0.29, 0.717) is 0 Å². The lowest BCUT2D eigenvalue weighted by Gasteiger charge is -2.67. The van der Waals surface area contributed by atoms with Crippen molar-refractivity contribution in [3.63, 3.8) is 0 Å². The number of hydrogen-bond donors (Lipinski definition) is 0. The molecule has 2 nitrogen and oxygen atoms in total. The van der Waals surface area contributed by atoms with E-state index in [4.69, 9.17) is 9.47 Å². The summed E-state index contributed by atoms with van der Waals surface area (Å²) < 4.78 is 15.5. The molecule has 0 aliphatic carbocycles. The van der Waals surface area contributed by atoms with E-state index in [2.05, 4.69) is 55.4 Å². The molecule has 180 valence electrons. The van der Waals surface area contributed by atoms with Crippen molar-refractivity contribution in [1.29, 1.82) is 0 Å². The maximum atomic E-state index is 7.74. The number of rotatable bonds is 16. The molecule has 0 aromatic carbocycles. The van der Waals surface area contributed by atoms with Crippen LogP contribution >= 0.6 is 0 Å². The minimum atomic E-state index is -0.141. The Morgan fingerprint density at radius 1 is 0.300 bits per heavy atom. The first-order valence-electron chi connectivity index (χ1n) is 13.8. The van der Waals surface area contributed by atoms with Gasteiger partial charge in [0.1, 0.15) is 0 Å². The van der Waals surface area contributed by atoms with Crippen molar-refractivity contribution in [3.05, 3.63) is 0 Å². The summed E-state index contributed by atoms with van der Waals surface area (Å²) in [4.78, 5) is 0. The van der Waals surface area contributed by atoms with Gasteiger partial charge in [0.2, 0.25) is 0 Å². The first-order chi connectivity index (χ1) is 14.4. The molecule has 1 fully saturated rings. The summed E-state index contributed by atoms with van der Waals surface area (Å²) in [7, 11) is 0. The number of ether oxygens (including phenoxy) is 2. The van der Waals surface area contributed by atoms with Crippen LogP contribution in [0.1, 0.15) is 158 Å². The van der Waals surface area contributed by atoms with Crippen molar-refractivity contribution in [2.24, 2.45) is 0 Å². The zero-order valence-corrected chi connectivity index (χ0v) is 22.1. The Labute approximate surface area is 190 Å².